The first-order valence-corrected chi connectivity index (χ1v) is 8.28. The Bertz CT molecular complexity index is 524. The molecule has 0 aromatic carbocycles. The van der Waals surface area contributed by atoms with Gasteiger partial charge in [0.15, 0.2) is 5.84 Å². The van der Waals surface area contributed by atoms with Crippen LogP contribution in [-0.2, 0) is 11.2 Å². The largest absolute Gasteiger partial charge is 0.409 e. The zero-order valence-corrected chi connectivity index (χ0v) is 13.3. The predicted molar refractivity (Wildman–Crippen MR) is 85.0 cm³/mol. The van der Waals surface area contributed by atoms with Crippen LogP contribution < -0.4 is 11.1 Å². The molecule has 0 radical (unpaired) electrons. The minimum Gasteiger partial charge on any atom is -0.409 e. The van der Waals surface area contributed by atoms with Crippen LogP contribution in [0.3, 0.4) is 0 Å². The van der Waals surface area contributed by atoms with E-state index in [-0.39, 0.29) is 11.7 Å². The van der Waals surface area contributed by atoms with Gasteiger partial charge >= 0.3 is 0 Å². The van der Waals surface area contributed by atoms with Crippen LogP contribution in [0.2, 0.25) is 4.34 Å². The van der Waals surface area contributed by atoms with Gasteiger partial charge in [-0.2, -0.15) is 0 Å². The molecule has 1 aromatic heterocycles. The first kappa shape index (κ1) is 16.1. The fourth-order valence-electron chi connectivity index (χ4n) is 2.81. The molecule has 7 heteroatoms. The lowest BCUT2D eigenvalue weighted by Gasteiger charge is -2.34. The Kier molecular flexibility index (Phi) is 5.47. The average molecular weight is 330 g/mol. The average Bonchev–Trinajstić information content (AvgIpc) is 2.92. The molecule has 0 bridgehead atoms. The lowest BCUT2D eigenvalue weighted by Crippen LogP contribution is -2.51. The van der Waals surface area contributed by atoms with Crippen molar-refractivity contribution in [1.29, 1.82) is 0 Å². The summed E-state index contributed by atoms with van der Waals surface area (Å²) in [6.45, 7) is 0.524. The Morgan fingerprint density at radius 1 is 1.43 bits per heavy atom. The minimum absolute atomic E-state index is 0.0267. The first-order valence-electron chi connectivity index (χ1n) is 7.09. The molecule has 0 aliphatic heterocycles. The van der Waals surface area contributed by atoms with E-state index in [0.29, 0.717) is 19.4 Å². The van der Waals surface area contributed by atoms with E-state index in [4.69, 9.17) is 22.5 Å². The molecule has 1 saturated carbocycles. The molecule has 0 unspecified atom stereocenters. The van der Waals surface area contributed by atoms with E-state index in [0.717, 1.165) is 34.9 Å². The third-order valence-electron chi connectivity index (χ3n) is 4.03. The second-order valence-electron chi connectivity index (χ2n) is 5.34. The topological polar surface area (TPSA) is 87.7 Å². The Balaban J connectivity index is 1.95. The normalized spacial score (nSPS) is 18.4. The van der Waals surface area contributed by atoms with Gasteiger partial charge < -0.3 is 16.3 Å². The van der Waals surface area contributed by atoms with Gasteiger partial charge in [-0.1, -0.05) is 36.0 Å². The molecule has 5 nitrogen and oxygen atoms in total. The number of nitrogens with one attached hydrogen (secondary N) is 1. The zero-order valence-electron chi connectivity index (χ0n) is 11.8. The van der Waals surface area contributed by atoms with Crippen molar-refractivity contribution < 1.29 is 10.0 Å². The summed E-state index contributed by atoms with van der Waals surface area (Å²) in [5.41, 5.74) is 4.95. The van der Waals surface area contributed by atoms with Gasteiger partial charge in [0.2, 0.25) is 5.91 Å². The molecular formula is C14H20ClN3O2S. The number of amides is 1. The van der Waals surface area contributed by atoms with E-state index in [1.807, 2.05) is 12.1 Å². The van der Waals surface area contributed by atoms with Gasteiger partial charge in [-0.3, -0.25) is 4.79 Å². The summed E-state index contributed by atoms with van der Waals surface area (Å²) in [6.07, 6.45) is 4.93. The van der Waals surface area contributed by atoms with Crippen LogP contribution in [0.1, 0.15) is 37.0 Å². The molecule has 1 amide bonds. The van der Waals surface area contributed by atoms with Crippen molar-refractivity contribution in [2.45, 2.75) is 38.5 Å². The number of hydrogen-bond donors (Lipinski definition) is 3. The van der Waals surface area contributed by atoms with Crippen LogP contribution in [0.25, 0.3) is 0 Å². The fraction of sp³-hybridized carbons (Fsp3) is 0.571. The Labute approximate surface area is 133 Å². The van der Waals surface area contributed by atoms with E-state index in [9.17, 15) is 4.79 Å². The number of amidine groups is 1. The number of halogens is 1. The molecule has 4 N–H and O–H groups in total. The number of carbonyl (C=O) groups excluding carboxylic acids is 1. The van der Waals surface area contributed by atoms with Crippen molar-refractivity contribution in [3.05, 3.63) is 21.3 Å². The molecule has 21 heavy (non-hydrogen) atoms. The lowest BCUT2D eigenvalue weighted by molar-refractivity contribution is -0.129. The standard InChI is InChI=1S/C14H20ClN3O2S/c15-11-5-4-10(21-11)6-9-17-13(19)14(12(16)18-20)7-2-1-3-8-14/h4-5,20H,1-3,6-9H2,(H2,16,18)(H,17,19). The monoisotopic (exact) mass is 329 g/mol. The van der Waals surface area contributed by atoms with Gasteiger partial charge in [0.25, 0.3) is 0 Å². The first-order chi connectivity index (χ1) is 10.1. The lowest BCUT2D eigenvalue weighted by atomic mass is 9.72. The van der Waals surface area contributed by atoms with Gasteiger partial charge in [0, 0.05) is 11.4 Å². The smallest absolute Gasteiger partial charge is 0.233 e. The van der Waals surface area contributed by atoms with Gasteiger partial charge in [0.05, 0.1) is 4.34 Å². The summed E-state index contributed by atoms with van der Waals surface area (Å²) in [4.78, 5) is 13.6. The number of rotatable bonds is 5. The SMILES string of the molecule is N/C(=N/O)C1(C(=O)NCCc2ccc(Cl)s2)CCCCC1. The van der Waals surface area contributed by atoms with Gasteiger partial charge in [-0.15, -0.1) is 11.3 Å². The van der Waals surface area contributed by atoms with Crippen LogP contribution in [0.15, 0.2) is 17.3 Å². The van der Waals surface area contributed by atoms with Crippen LogP contribution in [0.5, 0.6) is 0 Å². The second-order valence-corrected chi connectivity index (χ2v) is 7.14. The van der Waals surface area contributed by atoms with Crippen LogP contribution in [-0.4, -0.2) is 23.5 Å². The van der Waals surface area contributed by atoms with Crippen molar-refractivity contribution in [2.24, 2.45) is 16.3 Å². The molecular weight excluding hydrogens is 310 g/mol. The van der Waals surface area contributed by atoms with Crippen molar-refractivity contribution in [3.8, 4) is 0 Å². The highest BCUT2D eigenvalue weighted by atomic mass is 35.5. The molecule has 1 fully saturated rings. The molecule has 1 heterocycles. The Hall–Kier alpha value is -1.27. The van der Waals surface area contributed by atoms with E-state index in [1.54, 1.807) is 0 Å². The summed E-state index contributed by atoms with van der Waals surface area (Å²) >= 11 is 7.39. The maximum Gasteiger partial charge on any atom is 0.233 e. The van der Waals surface area contributed by atoms with Crippen molar-refractivity contribution in [2.75, 3.05) is 6.54 Å². The van der Waals surface area contributed by atoms with Crippen molar-refractivity contribution >= 4 is 34.7 Å². The van der Waals surface area contributed by atoms with E-state index >= 15 is 0 Å². The number of nitrogens with zero attached hydrogens (tertiary/aromatic N) is 1. The van der Waals surface area contributed by atoms with Gasteiger partial charge in [-0.25, -0.2) is 0 Å². The Morgan fingerprint density at radius 3 is 2.71 bits per heavy atom. The Morgan fingerprint density at radius 2 is 2.14 bits per heavy atom. The molecule has 1 aromatic rings. The van der Waals surface area contributed by atoms with E-state index in [1.165, 1.54) is 11.3 Å². The highest BCUT2D eigenvalue weighted by Gasteiger charge is 2.43. The summed E-state index contributed by atoms with van der Waals surface area (Å²) in [7, 11) is 0. The van der Waals surface area contributed by atoms with Gasteiger partial charge in [0.1, 0.15) is 5.41 Å². The number of nitrogens with two attached hydrogens (primary N) is 1. The van der Waals surface area contributed by atoms with E-state index in [2.05, 4.69) is 10.5 Å². The fourth-order valence-corrected chi connectivity index (χ4v) is 3.89. The minimum atomic E-state index is -0.847. The number of oxime groups is 1. The molecule has 0 saturated heterocycles. The molecule has 0 spiro atoms. The van der Waals surface area contributed by atoms with Crippen LogP contribution >= 0.6 is 22.9 Å². The predicted octanol–water partition coefficient (Wildman–Crippen LogP) is 2.76. The van der Waals surface area contributed by atoms with Crippen molar-refractivity contribution in [1.82, 2.24) is 5.32 Å². The van der Waals surface area contributed by atoms with Crippen molar-refractivity contribution in [3.63, 3.8) is 0 Å². The highest BCUT2D eigenvalue weighted by molar-refractivity contribution is 7.16. The molecule has 1 aliphatic rings. The third-order valence-corrected chi connectivity index (χ3v) is 5.32. The number of thiophene rings is 1. The molecule has 0 atom stereocenters. The summed E-state index contributed by atoms with van der Waals surface area (Å²) < 4.78 is 0.747. The van der Waals surface area contributed by atoms with E-state index < -0.39 is 5.41 Å². The molecule has 116 valence electrons. The van der Waals surface area contributed by atoms with Gasteiger partial charge in [-0.05, 0) is 31.4 Å². The van der Waals surface area contributed by atoms with Crippen LogP contribution in [0.4, 0.5) is 0 Å². The maximum absolute atomic E-state index is 12.5. The number of carbonyl (C=O) groups is 1. The third kappa shape index (κ3) is 3.68. The zero-order chi connectivity index (χ0) is 15.3. The van der Waals surface area contributed by atoms with Crippen LogP contribution in [0, 0.1) is 5.41 Å². The summed E-state index contributed by atoms with van der Waals surface area (Å²) in [6, 6.07) is 3.81. The summed E-state index contributed by atoms with van der Waals surface area (Å²) in [5, 5.41) is 15.0. The molecule has 2 rings (SSSR count). The highest BCUT2D eigenvalue weighted by Crippen LogP contribution is 2.36. The summed E-state index contributed by atoms with van der Waals surface area (Å²) in [5.74, 6) is -0.112. The second kappa shape index (κ2) is 7.13. The maximum atomic E-state index is 12.5. The quantitative estimate of drug-likeness (QED) is 0.336. The number of hydrogen-bond acceptors (Lipinski definition) is 4. The molecule has 1 aliphatic carbocycles.